The molecule has 0 spiro atoms. The van der Waals surface area contributed by atoms with Crippen molar-refractivity contribution >= 4 is 17.6 Å². The van der Waals surface area contributed by atoms with Gasteiger partial charge in [0.15, 0.2) is 0 Å². The number of urea groups is 1. The molecule has 0 saturated heterocycles. The van der Waals surface area contributed by atoms with Crippen LogP contribution in [0.5, 0.6) is 5.75 Å². The van der Waals surface area contributed by atoms with E-state index in [2.05, 4.69) is 17.1 Å². The van der Waals surface area contributed by atoms with Crippen LogP contribution in [0, 0.1) is 0 Å². The molecule has 7 nitrogen and oxygen atoms in total. The number of anilines is 1. The lowest BCUT2D eigenvalue weighted by molar-refractivity contribution is -0.118. The normalized spacial score (nSPS) is 16.1. The smallest absolute Gasteiger partial charge is 0.317 e. The highest BCUT2D eigenvalue weighted by molar-refractivity contribution is 5.75. The highest BCUT2D eigenvalue weighted by atomic mass is 16.5. The van der Waals surface area contributed by atoms with Crippen LogP contribution in [0.3, 0.4) is 0 Å². The van der Waals surface area contributed by atoms with Gasteiger partial charge in [-0.2, -0.15) is 0 Å². The van der Waals surface area contributed by atoms with Gasteiger partial charge in [0.25, 0.3) is 0 Å². The quantitative estimate of drug-likeness (QED) is 0.733. The fraction of sp³-hybridized carbons (Fsp3) is 0.529. The Morgan fingerprint density at radius 3 is 2.88 bits per heavy atom. The molecule has 1 aromatic rings. The summed E-state index contributed by atoms with van der Waals surface area (Å²) in [7, 11) is 1.74. The second-order valence-corrected chi connectivity index (χ2v) is 5.93. The Balaban J connectivity index is 1.85. The predicted molar refractivity (Wildman–Crippen MR) is 93.2 cm³/mol. The van der Waals surface area contributed by atoms with Crippen LogP contribution in [0.1, 0.15) is 19.8 Å². The second kappa shape index (κ2) is 8.42. The number of hydrogen-bond acceptors (Lipinski definition) is 4. The van der Waals surface area contributed by atoms with Gasteiger partial charge in [-0.15, -0.1) is 0 Å². The van der Waals surface area contributed by atoms with Crippen molar-refractivity contribution in [3.8, 4) is 5.75 Å². The fourth-order valence-corrected chi connectivity index (χ4v) is 2.75. The van der Waals surface area contributed by atoms with E-state index in [0.717, 1.165) is 24.5 Å². The summed E-state index contributed by atoms with van der Waals surface area (Å²) in [6.07, 6.45) is 0.741. The third-order valence-electron chi connectivity index (χ3n) is 4.01. The molecule has 1 heterocycles. The summed E-state index contributed by atoms with van der Waals surface area (Å²) in [5, 5.41) is 2.78. The van der Waals surface area contributed by atoms with Crippen molar-refractivity contribution in [1.82, 2.24) is 10.2 Å². The highest BCUT2D eigenvalue weighted by Crippen LogP contribution is 2.32. The molecule has 0 saturated carbocycles. The average Bonchev–Trinajstić information content (AvgIpc) is 2.57. The van der Waals surface area contributed by atoms with Gasteiger partial charge in [0.2, 0.25) is 5.91 Å². The first-order valence-corrected chi connectivity index (χ1v) is 8.29. The highest BCUT2D eigenvalue weighted by Gasteiger charge is 2.26. The van der Waals surface area contributed by atoms with Crippen LogP contribution in [0.15, 0.2) is 24.3 Å². The van der Waals surface area contributed by atoms with Crippen LogP contribution < -0.4 is 20.7 Å². The van der Waals surface area contributed by atoms with Gasteiger partial charge in [0, 0.05) is 26.6 Å². The van der Waals surface area contributed by atoms with E-state index in [-0.39, 0.29) is 24.5 Å². The van der Waals surface area contributed by atoms with Crippen molar-refractivity contribution in [2.45, 2.75) is 25.9 Å². The number of carbonyl (C=O) groups excluding carboxylic acids is 2. The number of para-hydroxylation sites is 2. The van der Waals surface area contributed by atoms with Gasteiger partial charge >= 0.3 is 6.03 Å². The van der Waals surface area contributed by atoms with Crippen LogP contribution in [-0.2, 0) is 4.79 Å². The molecule has 1 aliphatic heterocycles. The first kappa shape index (κ1) is 17.9. The van der Waals surface area contributed by atoms with Crippen LogP contribution >= 0.6 is 0 Å². The van der Waals surface area contributed by atoms with Crippen LogP contribution in [0.25, 0.3) is 0 Å². The van der Waals surface area contributed by atoms with Crippen molar-refractivity contribution in [1.29, 1.82) is 0 Å². The molecule has 0 radical (unpaired) electrons. The Kier molecular flexibility index (Phi) is 6.28. The number of amides is 3. The van der Waals surface area contributed by atoms with Gasteiger partial charge in [-0.05, 0) is 25.5 Å². The van der Waals surface area contributed by atoms with E-state index in [1.54, 1.807) is 11.9 Å². The van der Waals surface area contributed by atoms with E-state index < -0.39 is 0 Å². The summed E-state index contributed by atoms with van der Waals surface area (Å²) in [5.74, 6) is 0.498. The zero-order valence-electron chi connectivity index (χ0n) is 14.3. The topological polar surface area (TPSA) is 87.9 Å². The van der Waals surface area contributed by atoms with E-state index in [1.165, 1.54) is 0 Å². The third-order valence-corrected chi connectivity index (χ3v) is 4.01. The van der Waals surface area contributed by atoms with Gasteiger partial charge in [0.1, 0.15) is 11.9 Å². The molecule has 0 bridgehead atoms. The number of likely N-dealkylation sites (N-methyl/N-ethyl adjacent to an activating group) is 2. The van der Waals surface area contributed by atoms with Crippen LogP contribution in [-0.4, -0.2) is 56.2 Å². The molecule has 1 aliphatic rings. The summed E-state index contributed by atoms with van der Waals surface area (Å²) in [4.78, 5) is 26.6. The summed E-state index contributed by atoms with van der Waals surface area (Å²) in [6, 6.07) is 7.77. The number of nitrogens with two attached hydrogens (primary N) is 1. The molecule has 3 amide bonds. The fourth-order valence-electron chi connectivity index (χ4n) is 2.75. The molecule has 3 N–H and O–H groups in total. The average molecular weight is 334 g/mol. The van der Waals surface area contributed by atoms with E-state index in [0.29, 0.717) is 19.5 Å². The molecular weight excluding hydrogens is 308 g/mol. The van der Waals surface area contributed by atoms with Crippen molar-refractivity contribution in [2.24, 2.45) is 5.73 Å². The molecule has 1 atom stereocenters. The molecule has 0 unspecified atom stereocenters. The molecule has 132 valence electrons. The number of benzene rings is 1. The Morgan fingerprint density at radius 1 is 1.42 bits per heavy atom. The second-order valence-electron chi connectivity index (χ2n) is 5.93. The standard InChI is InChI=1S/C17H26N4O3/c1-3-21-12-13(24-15-8-5-4-7-14(15)21)11-20(2)17(23)19-10-6-9-16(18)22/h4-5,7-8,13H,3,6,9-12H2,1-2H3,(H2,18,22)(H,19,23)/t13-/m1/s1. The summed E-state index contributed by atoms with van der Waals surface area (Å²) in [5.41, 5.74) is 6.17. The molecule has 2 rings (SSSR count). The lowest BCUT2D eigenvalue weighted by atomic mass is 10.2. The summed E-state index contributed by atoms with van der Waals surface area (Å²) >= 11 is 0. The maximum atomic E-state index is 12.1. The maximum absolute atomic E-state index is 12.1. The summed E-state index contributed by atoms with van der Waals surface area (Å²) < 4.78 is 6.02. The minimum absolute atomic E-state index is 0.0822. The minimum atomic E-state index is -0.355. The van der Waals surface area contributed by atoms with E-state index in [1.807, 2.05) is 24.3 Å². The Morgan fingerprint density at radius 2 is 2.17 bits per heavy atom. The largest absolute Gasteiger partial charge is 0.485 e. The minimum Gasteiger partial charge on any atom is -0.485 e. The maximum Gasteiger partial charge on any atom is 0.317 e. The van der Waals surface area contributed by atoms with Gasteiger partial charge in [0.05, 0.1) is 18.8 Å². The van der Waals surface area contributed by atoms with E-state index >= 15 is 0 Å². The number of hydrogen-bond donors (Lipinski definition) is 2. The molecule has 1 aromatic carbocycles. The molecule has 0 fully saturated rings. The Hall–Kier alpha value is -2.44. The third kappa shape index (κ3) is 4.78. The number of nitrogens with one attached hydrogen (secondary N) is 1. The first-order chi connectivity index (χ1) is 11.5. The monoisotopic (exact) mass is 334 g/mol. The van der Waals surface area contributed by atoms with Crippen molar-refractivity contribution in [3.63, 3.8) is 0 Å². The lowest BCUT2D eigenvalue weighted by Crippen LogP contribution is -2.49. The van der Waals surface area contributed by atoms with Crippen molar-refractivity contribution in [3.05, 3.63) is 24.3 Å². The van der Waals surface area contributed by atoms with Gasteiger partial charge in [-0.3, -0.25) is 4.79 Å². The predicted octanol–water partition coefficient (Wildman–Crippen LogP) is 1.18. The van der Waals surface area contributed by atoms with E-state index in [4.69, 9.17) is 10.5 Å². The lowest BCUT2D eigenvalue weighted by Gasteiger charge is -2.37. The molecule has 0 aliphatic carbocycles. The van der Waals surface area contributed by atoms with Crippen molar-refractivity contribution < 1.29 is 14.3 Å². The van der Waals surface area contributed by atoms with Gasteiger partial charge in [-0.1, -0.05) is 12.1 Å². The van der Waals surface area contributed by atoms with Crippen molar-refractivity contribution in [2.75, 3.05) is 38.1 Å². The zero-order valence-corrected chi connectivity index (χ0v) is 14.3. The summed E-state index contributed by atoms with van der Waals surface area (Å²) in [6.45, 7) is 4.66. The van der Waals surface area contributed by atoms with Gasteiger partial charge in [-0.25, -0.2) is 4.79 Å². The number of carbonyl (C=O) groups is 2. The number of fused-ring (bicyclic) bond motifs is 1. The van der Waals surface area contributed by atoms with Gasteiger partial charge < -0.3 is 25.6 Å². The van der Waals surface area contributed by atoms with Crippen LogP contribution in [0.2, 0.25) is 0 Å². The molecular formula is C17H26N4O3. The van der Waals surface area contributed by atoms with E-state index in [9.17, 15) is 9.59 Å². The number of rotatable bonds is 7. The zero-order chi connectivity index (χ0) is 17.5. The number of nitrogens with zero attached hydrogens (tertiary/aromatic N) is 2. The number of primary amides is 1. The van der Waals surface area contributed by atoms with Crippen LogP contribution in [0.4, 0.5) is 10.5 Å². The molecule has 7 heteroatoms. The SMILES string of the molecule is CCN1C[C@@H](CN(C)C(=O)NCCCC(N)=O)Oc2ccccc21. The Labute approximate surface area is 142 Å². The Bertz CT molecular complexity index is 579. The molecule has 0 aromatic heterocycles. The first-order valence-electron chi connectivity index (χ1n) is 8.29. The number of ether oxygens (including phenoxy) is 1. The molecule has 24 heavy (non-hydrogen) atoms.